The Morgan fingerprint density at radius 2 is 1.37 bits per heavy atom. The van der Waals surface area contributed by atoms with Crippen molar-refractivity contribution in [2.45, 2.75) is 32.7 Å². The second-order valence-electron chi connectivity index (χ2n) is 9.73. The first kappa shape index (κ1) is 35.0. The zero-order chi connectivity index (χ0) is 33.8. The summed E-state index contributed by atoms with van der Waals surface area (Å²) < 4.78 is 22.9. The number of ether oxygens (including phenoxy) is 4. The van der Waals surface area contributed by atoms with Gasteiger partial charge in [0.25, 0.3) is 11.4 Å². The molecule has 2 amide bonds. The Morgan fingerprint density at radius 3 is 1.89 bits per heavy atom. The molecule has 0 aliphatic heterocycles. The van der Waals surface area contributed by atoms with E-state index in [-0.39, 0.29) is 66.8 Å². The van der Waals surface area contributed by atoms with Gasteiger partial charge in [0.05, 0.1) is 17.0 Å². The highest BCUT2D eigenvalue weighted by molar-refractivity contribution is 5.96. The SMILES string of the molecule is CCO[C@@H](CNc1ccc(C(N)=O)cc1[N+](=O)[O-])[C@H](CNc1c(OCc2ccc(OC)cc2)cc(C(N)=O)cc1[N+](=O)[O-])OCC. The topological polar surface area (TPSA) is 233 Å². The second-order valence-corrected chi connectivity index (χ2v) is 9.73. The zero-order valence-electron chi connectivity index (χ0n) is 25.5. The van der Waals surface area contributed by atoms with Crippen LogP contribution in [0.1, 0.15) is 40.1 Å². The maximum absolute atomic E-state index is 12.1. The van der Waals surface area contributed by atoms with Crippen LogP contribution in [-0.4, -0.2) is 67.3 Å². The van der Waals surface area contributed by atoms with E-state index in [1.54, 1.807) is 38.1 Å². The molecule has 3 aromatic rings. The van der Waals surface area contributed by atoms with Crippen LogP contribution in [0.5, 0.6) is 11.5 Å². The van der Waals surface area contributed by atoms with Crippen LogP contribution in [0.3, 0.4) is 0 Å². The van der Waals surface area contributed by atoms with E-state index in [2.05, 4.69) is 10.6 Å². The molecule has 0 fully saturated rings. The molecule has 0 unspecified atom stereocenters. The van der Waals surface area contributed by atoms with Crippen LogP contribution in [0.25, 0.3) is 0 Å². The van der Waals surface area contributed by atoms with Crippen LogP contribution in [0.2, 0.25) is 0 Å². The van der Waals surface area contributed by atoms with Gasteiger partial charge in [0, 0.05) is 49.6 Å². The summed E-state index contributed by atoms with van der Waals surface area (Å²) in [6, 6.07) is 13.1. The van der Waals surface area contributed by atoms with Gasteiger partial charge in [0.2, 0.25) is 11.8 Å². The number of hydrogen-bond donors (Lipinski definition) is 4. The summed E-state index contributed by atoms with van der Waals surface area (Å²) in [5.74, 6) is -1.05. The van der Waals surface area contributed by atoms with Crippen molar-refractivity contribution in [1.29, 1.82) is 0 Å². The van der Waals surface area contributed by atoms with Crippen molar-refractivity contribution in [3.63, 3.8) is 0 Å². The van der Waals surface area contributed by atoms with Gasteiger partial charge in [0.1, 0.15) is 30.3 Å². The quantitative estimate of drug-likeness (QED) is 0.109. The molecule has 0 saturated heterocycles. The smallest absolute Gasteiger partial charge is 0.296 e. The normalized spacial score (nSPS) is 12.1. The third-order valence-corrected chi connectivity index (χ3v) is 6.74. The summed E-state index contributed by atoms with van der Waals surface area (Å²) in [4.78, 5) is 46.0. The van der Waals surface area contributed by atoms with E-state index in [1.165, 1.54) is 25.3 Å². The highest BCUT2D eigenvalue weighted by atomic mass is 16.6. The molecule has 0 aliphatic carbocycles. The first-order valence-corrected chi connectivity index (χ1v) is 14.2. The fraction of sp³-hybridized carbons (Fsp3) is 0.333. The highest BCUT2D eigenvalue weighted by Crippen LogP contribution is 2.37. The predicted octanol–water partition coefficient (Wildman–Crippen LogP) is 3.62. The van der Waals surface area contributed by atoms with Crippen molar-refractivity contribution >= 4 is 34.6 Å². The Bertz CT molecular complexity index is 1550. The molecule has 0 aromatic heterocycles. The number of carbonyl (C=O) groups is 2. The maximum atomic E-state index is 12.1. The number of anilines is 2. The molecule has 6 N–H and O–H groups in total. The number of hydrogen-bond acceptors (Lipinski definition) is 12. The van der Waals surface area contributed by atoms with E-state index in [0.29, 0.717) is 5.75 Å². The number of nitro groups is 2. The Labute approximate surface area is 264 Å². The van der Waals surface area contributed by atoms with Gasteiger partial charge in [-0.3, -0.25) is 29.8 Å². The van der Waals surface area contributed by atoms with E-state index < -0.39 is 39.6 Å². The molecule has 3 rings (SSSR count). The van der Waals surface area contributed by atoms with E-state index >= 15 is 0 Å². The molecule has 16 heteroatoms. The number of methoxy groups -OCH3 is 1. The standard InChI is InChI=1S/C30H36N6O10/c1-4-44-26(15-33-22-11-8-19(29(31)37)12-23(22)35(39)40)27(45-5-2)16-34-28-24(36(41)42)13-20(30(32)38)14-25(28)46-17-18-6-9-21(43-3)10-7-18/h6-14,26-27,33-34H,4-5,15-17H2,1-3H3,(H2,31,37)(H2,32,38)/t26-,27-/m0/s1. The van der Waals surface area contributed by atoms with Gasteiger partial charge >= 0.3 is 0 Å². The number of amides is 2. The van der Waals surface area contributed by atoms with Crippen molar-refractivity contribution in [2.24, 2.45) is 11.5 Å². The van der Waals surface area contributed by atoms with E-state index in [9.17, 15) is 29.8 Å². The predicted molar refractivity (Wildman–Crippen MR) is 168 cm³/mol. The number of nitrogens with two attached hydrogens (primary N) is 2. The van der Waals surface area contributed by atoms with Gasteiger partial charge < -0.3 is 41.0 Å². The van der Waals surface area contributed by atoms with Crippen LogP contribution in [0.15, 0.2) is 54.6 Å². The first-order chi connectivity index (χ1) is 22.0. The molecule has 0 saturated carbocycles. The molecule has 16 nitrogen and oxygen atoms in total. The third kappa shape index (κ3) is 9.26. The molecule has 246 valence electrons. The highest BCUT2D eigenvalue weighted by Gasteiger charge is 2.28. The molecule has 0 spiro atoms. The number of nitrogens with one attached hydrogen (secondary N) is 2. The maximum Gasteiger partial charge on any atom is 0.296 e. The lowest BCUT2D eigenvalue weighted by atomic mass is 10.1. The Hall–Kier alpha value is -5.48. The molecule has 3 aromatic carbocycles. The van der Waals surface area contributed by atoms with Crippen LogP contribution in [0.4, 0.5) is 22.7 Å². The van der Waals surface area contributed by atoms with E-state index in [4.69, 9.17) is 30.4 Å². The van der Waals surface area contributed by atoms with Crippen molar-refractivity contribution in [3.8, 4) is 11.5 Å². The number of benzene rings is 3. The van der Waals surface area contributed by atoms with E-state index in [1.807, 2.05) is 0 Å². The Morgan fingerprint density at radius 1 is 0.804 bits per heavy atom. The molecule has 0 radical (unpaired) electrons. The van der Waals surface area contributed by atoms with Gasteiger partial charge in [0.15, 0.2) is 11.4 Å². The van der Waals surface area contributed by atoms with Gasteiger partial charge in [-0.25, -0.2) is 0 Å². The summed E-state index contributed by atoms with van der Waals surface area (Å²) in [6.07, 6.45) is -1.44. The zero-order valence-corrected chi connectivity index (χ0v) is 25.5. The number of rotatable bonds is 19. The Balaban J connectivity index is 1.89. The average molecular weight is 641 g/mol. The minimum atomic E-state index is -0.878. The lowest BCUT2D eigenvalue weighted by Crippen LogP contribution is -2.42. The van der Waals surface area contributed by atoms with Crippen LogP contribution in [0, 0.1) is 20.2 Å². The molecule has 0 aliphatic rings. The minimum Gasteiger partial charge on any atom is -0.497 e. The third-order valence-electron chi connectivity index (χ3n) is 6.74. The lowest BCUT2D eigenvalue weighted by molar-refractivity contribution is -0.384. The van der Waals surface area contributed by atoms with Crippen LogP contribution in [-0.2, 0) is 16.1 Å². The Kier molecular flexibility index (Phi) is 12.6. The molecular formula is C30H36N6O10. The van der Waals surface area contributed by atoms with Gasteiger partial charge in [-0.1, -0.05) is 12.1 Å². The summed E-state index contributed by atoms with van der Waals surface area (Å²) in [5, 5.41) is 29.8. The summed E-state index contributed by atoms with van der Waals surface area (Å²) >= 11 is 0. The molecule has 0 heterocycles. The largest absolute Gasteiger partial charge is 0.497 e. The van der Waals surface area contributed by atoms with Crippen molar-refractivity contribution < 1.29 is 38.4 Å². The number of nitrogens with zero attached hydrogens (tertiary/aromatic N) is 2. The average Bonchev–Trinajstić information content (AvgIpc) is 3.03. The number of nitro benzene ring substituents is 2. The molecular weight excluding hydrogens is 604 g/mol. The summed E-state index contributed by atoms with van der Waals surface area (Å²) in [5.41, 5.74) is 10.6. The first-order valence-electron chi connectivity index (χ1n) is 14.2. The lowest BCUT2D eigenvalue weighted by Gasteiger charge is -2.28. The number of carbonyl (C=O) groups excluding carboxylic acids is 2. The minimum absolute atomic E-state index is 0.00492. The van der Waals surface area contributed by atoms with E-state index in [0.717, 1.165) is 17.7 Å². The van der Waals surface area contributed by atoms with Gasteiger partial charge in [-0.05, 0) is 49.7 Å². The second kappa shape index (κ2) is 16.6. The number of primary amides is 2. The summed E-state index contributed by atoms with van der Waals surface area (Å²) in [7, 11) is 1.53. The monoisotopic (exact) mass is 640 g/mol. The van der Waals surface area contributed by atoms with Crippen molar-refractivity contribution in [3.05, 3.63) is 91.5 Å². The van der Waals surface area contributed by atoms with Gasteiger partial charge in [-0.2, -0.15) is 0 Å². The van der Waals surface area contributed by atoms with Gasteiger partial charge in [-0.15, -0.1) is 0 Å². The fourth-order valence-electron chi connectivity index (χ4n) is 4.48. The molecule has 0 bridgehead atoms. The fourth-order valence-corrected chi connectivity index (χ4v) is 4.48. The molecule has 2 atom stereocenters. The van der Waals surface area contributed by atoms with Crippen LogP contribution >= 0.6 is 0 Å². The van der Waals surface area contributed by atoms with Crippen molar-refractivity contribution in [2.75, 3.05) is 44.0 Å². The van der Waals surface area contributed by atoms with Crippen molar-refractivity contribution in [1.82, 2.24) is 0 Å². The van der Waals surface area contributed by atoms with Crippen LogP contribution < -0.4 is 31.6 Å². The molecule has 46 heavy (non-hydrogen) atoms. The summed E-state index contributed by atoms with van der Waals surface area (Å²) in [6.45, 7) is 4.01.